The molecule has 1 aliphatic heterocycles. The summed E-state index contributed by atoms with van der Waals surface area (Å²) >= 11 is 0. The topological polar surface area (TPSA) is 104 Å². The maximum absolute atomic E-state index is 13.6. The highest BCUT2D eigenvalue weighted by Crippen LogP contribution is 2.41. The predicted molar refractivity (Wildman–Crippen MR) is 117 cm³/mol. The second-order valence-corrected chi connectivity index (χ2v) is 9.94. The molecule has 2 unspecified atom stereocenters. The van der Waals surface area contributed by atoms with Crippen molar-refractivity contribution in [3.05, 3.63) is 24.3 Å². The van der Waals surface area contributed by atoms with Gasteiger partial charge in [-0.1, -0.05) is 33.6 Å². The van der Waals surface area contributed by atoms with Crippen molar-refractivity contribution in [1.82, 2.24) is 25.5 Å². The van der Waals surface area contributed by atoms with Gasteiger partial charge in [-0.2, -0.15) is 0 Å². The minimum Gasteiger partial charge on any atom is -0.354 e. The van der Waals surface area contributed by atoms with E-state index in [9.17, 15) is 14.4 Å². The first-order valence-electron chi connectivity index (χ1n) is 11.3. The molecule has 1 aliphatic carbocycles. The number of carbonyl (C=O) groups excluding carboxylic acids is 3. The number of hydrogen-bond donors (Lipinski definition) is 2. The lowest BCUT2D eigenvalue weighted by atomic mass is 9.79. The third-order valence-electron chi connectivity index (χ3n) is 6.65. The van der Waals surface area contributed by atoms with E-state index in [1.165, 1.54) is 37.9 Å². The van der Waals surface area contributed by atoms with Gasteiger partial charge in [0.25, 0.3) is 5.91 Å². The highest BCUT2D eigenvalue weighted by Gasteiger charge is 2.46. The molecule has 2 aliphatic rings. The van der Waals surface area contributed by atoms with Gasteiger partial charge < -0.3 is 15.5 Å². The lowest BCUT2D eigenvalue weighted by Crippen LogP contribution is -2.51. The van der Waals surface area contributed by atoms with Crippen molar-refractivity contribution in [2.45, 2.75) is 71.9 Å². The normalized spacial score (nSPS) is 24.3. The molecule has 0 bridgehead atoms. The first-order valence-corrected chi connectivity index (χ1v) is 11.3. The smallest absolute Gasteiger partial charge is 0.271 e. The van der Waals surface area contributed by atoms with E-state index < -0.39 is 5.91 Å². The standard InChI is InChI=1S/C23H35N5O3/c1-15-11-16-7-5-6-8-19(16)28(15)22(31)17(23(2,3)4)12-26-20(29)14-27-21(30)18-13-24-9-10-25-18/h9-10,13,15-17,19H,5-8,11-12,14H2,1-4H3,(H,26,29)(H,27,30)/t15?,16-,17?,19-/m0/s1. The van der Waals surface area contributed by atoms with Crippen LogP contribution in [0.1, 0.15) is 70.3 Å². The van der Waals surface area contributed by atoms with Crippen molar-refractivity contribution in [2.24, 2.45) is 17.3 Å². The number of nitrogens with zero attached hydrogens (tertiary/aromatic N) is 3. The second-order valence-electron chi connectivity index (χ2n) is 9.94. The Morgan fingerprint density at radius 3 is 2.58 bits per heavy atom. The fourth-order valence-electron chi connectivity index (χ4n) is 4.98. The van der Waals surface area contributed by atoms with E-state index in [0.29, 0.717) is 12.0 Å². The molecular weight excluding hydrogens is 394 g/mol. The molecule has 1 saturated carbocycles. The first kappa shape index (κ1) is 23.2. The van der Waals surface area contributed by atoms with Crippen LogP contribution in [0, 0.1) is 17.3 Å². The molecule has 3 rings (SSSR count). The molecular formula is C23H35N5O3. The van der Waals surface area contributed by atoms with Gasteiger partial charge in [0.1, 0.15) is 5.69 Å². The number of hydrogen-bond acceptors (Lipinski definition) is 5. The first-order chi connectivity index (χ1) is 14.7. The van der Waals surface area contributed by atoms with E-state index in [4.69, 9.17) is 0 Å². The molecule has 170 valence electrons. The summed E-state index contributed by atoms with van der Waals surface area (Å²) in [7, 11) is 0. The van der Waals surface area contributed by atoms with Gasteiger partial charge in [-0.25, -0.2) is 4.98 Å². The van der Waals surface area contributed by atoms with Crippen LogP contribution in [0.3, 0.4) is 0 Å². The number of carbonyl (C=O) groups is 3. The summed E-state index contributed by atoms with van der Waals surface area (Å²) in [6.07, 6.45) is 10.1. The summed E-state index contributed by atoms with van der Waals surface area (Å²) in [4.78, 5) is 47.9. The van der Waals surface area contributed by atoms with Gasteiger partial charge in [-0.3, -0.25) is 19.4 Å². The molecule has 3 amide bonds. The van der Waals surface area contributed by atoms with Gasteiger partial charge in [-0.15, -0.1) is 0 Å². The molecule has 8 nitrogen and oxygen atoms in total. The summed E-state index contributed by atoms with van der Waals surface area (Å²) in [5.41, 5.74) is -0.136. The summed E-state index contributed by atoms with van der Waals surface area (Å²) < 4.78 is 0. The highest BCUT2D eigenvalue weighted by molar-refractivity contribution is 5.94. The van der Waals surface area contributed by atoms with Crippen molar-refractivity contribution >= 4 is 17.7 Å². The van der Waals surface area contributed by atoms with E-state index in [1.54, 1.807) is 0 Å². The zero-order chi connectivity index (χ0) is 22.6. The number of fused-ring (bicyclic) bond motifs is 1. The van der Waals surface area contributed by atoms with Crippen molar-refractivity contribution in [3.63, 3.8) is 0 Å². The summed E-state index contributed by atoms with van der Waals surface area (Å²) in [5, 5.41) is 5.39. The summed E-state index contributed by atoms with van der Waals surface area (Å²) in [6.45, 7) is 8.34. The Balaban J connectivity index is 1.58. The quantitative estimate of drug-likeness (QED) is 0.721. The number of likely N-dealkylation sites (tertiary alicyclic amines) is 1. The Bertz CT molecular complexity index is 792. The minimum atomic E-state index is -0.457. The van der Waals surface area contributed by atoms with Crippen LogP contribution in [0.4, 0.5) is 0 Å². The number of nitrogens with one attached hydrogen (secondary N) is 2. The van der Waals surface area contributed by atoms with Crippen LogP contribution in [0.25, 0.3) is 0 Å². The molecule has 2 heterocycles. The molecule has 2 fully saturated rings. The van der Waals surface area contributed by atoms with Gasteiger partial charge in [0.05, 0.1) is 18.7 Å². The van der Waals surface area contributed by atoms with Crippen LogP contribution < -0.4 is 10.6 Å². The molecule has 1 aromatic heterocycles. The molecule has 0 radical (unpaired) electrons. The van der Waals surface area contributed by atoms with Crippen LogP contribution in [-0.2, 0) is 9.59 Å². The largest absolute Gasteiger partial charge is 0.354 e. The van der Waals surface area contributed by atoms with Crippen molar-refractivity contribution < 1.29 is 14.4 Å². The molecule has 1 aromatic rings. The van der Waals surface area contributed by atoms with Gasteiger partial charge in [0.2, 0.25) is 11.8 Å². The number of amides is 3. The molecule has 0 spiro atoms. The molecule has 2 N–H and O–H groups in total. The van der Waals surface area contributed by atoms with Gasteiger partial charge >= 0.3 is 0 Å². The van der Waals surface area contributed by atoms with Gasteiger partial charge in [-0.05, 0) is 37.5 Å². The van der Waals surface area contributed by atoms with Crippen molar-refractivity contribution in [3.8, 4) is 0 Å². The van der Waals surface area contributed by atoms with Crippen LogP contribution in [0.15, 0.2) is 18.6 Å². The Morgan fingerprint density at radius 2 is 1.90 bits per heavy atom. The van der Waals surface area contributed by atoms with Gasteiger partial charge in [0.15, 0.2) is 0 Å². The van der Waals surface area contributed by atoms with E-state index in [1.807, 2.05) is 20.8 Å². The van der Waals surface area contributed by atoms with Crippen LogP contribution >= 0.6 is 0 Å². The average molecular weight is 430 g/mol. The van der Waals surface area contributed by atoms with Gasteiger partial charge in [0, 0.05) is 31.0 Å². The molecule has 4 atom stereocenters. The fourth-order valence-corrected chi connectivity index (χ4v) is 4.98. The second kappa shape index (κ2) is 9.75. The lowest BCUT2D eigenvalue weighted by Gasteiger charge is -2.39. The molecule has 1 saturated heterocycles. The third kappa shape index (κ3) is 5.60. The van der Waals surface area contributed by atoms with Crippen LogP contribution in [0.5, 0.6) is 0 Å². The number of aromatic nitrogens is 2. The van der Waals surface area contributed by atoms with E-state index in [2.05, 4.69) is 32.4 Å². The zero-order valence-corrected chi connectivity index (χ0v) is 19.1. The van der Waals surface area contributed by atoms with Crippen molar-refractivity contribution in [1.29, 1.82) is 0 Å². The highest BCUT2D eigenvalue weighted by atomic mass is 16.2. The Kier molecular flexibility index (Phi) is 7.28. The Labute approximate surface area is 184 Å². The zero-order valence-electron chi connectivity index (χ0n) is 19.1. The van der Waals surface area contributed by atoms with Crippen LogP contribution in [0.2, 0.25) is 0 Å². The molecule has 8 heteroatoms. The average Bonchev–Trinajstić information content (AvgIpc) is 3.07. The third-order valence-corrected chi connectivity index (χ3v) is 6.65. The SMILES string of the molecule is CC1C[C@@H]2CCCC[C@@H]2N1C(=O)C(CNC(=O)CNC(=O)c1cnccn1)C(C)(C)C. The predicted octanol–water partition coefficient (Wildman–Crippen LogP) is 2.16. The maximum Gasteiger partial charge on any atom is 0.271 e. The molecule has 0 aromatic carbocycles. The monoisotopic (exact) mass is 429 g/mol. The summed E-state index contributed by atoms with van der Waals surface area (Å²) in [6, 6.07) is 0.579. The van der Waals surface area contributed by atoms with Crippen LogP contribution in [-0.4, -0.2) is 57.8 Å². The van der Waals surface area contributed by atoms with E-state index >= 15 is 0 Å². The van der Waals surface area contributed by atoms with Crippen molar-refractivity contribution in [2.75, 3.05) is 13.1 Å². The fraction of sp³-hybridized carbons (Fsp3) is 0.696. The van der Waals surface area contributed by atoms with E-state index in [0.717, 1.165) is 12.8 Å². The lowest BCUT2D eigenvalue weighted by molar-refractivity contribution is -0.142. The minimum absolute atomic E-state index is 0.137. The van der Waals surface area contributed by atoms with E-state index in [-0.39, 0.29) is 48.0 Å². The Morgan fingerprint density at radius 1 is 1.16 bits per heavy atom. The maximum atomic E-state index is 13.6. The number of rotatable bonds is 6. The summed E-state index contributed by atoms with van der Waals surface area (Å²) in [5.74, 6) is -0.363. The Hall–Kier alpha value is -2.51. The molecule has 31 heavy (non-hydrogen) atoms.